The van der Waals surface area contributed by atoms with Crippen LogP contribution >= 0.6 is 11.6 Å². The first-order valence-corrected chi connectivity index (χ1v) is 12.1. The molecule has 0 spiro atoms. The fraction of sp³-hybridized carbons (Fsp3) is 0.241. The molecule has 1 unspecified atom stereocenters. The summed E-state index contributed by atoms with van der Waals surface area (Å²) in [6.07, 6.45) is 0.545. The summed E-state index contributed by atoms with van der Waals surface area (Å²) >= 11 is 6.32. The van der Waals surface area contributed by atoms with E-state index in [9.17, 15) is 9.59 Å². The number of methoxy groups -OCH3 is 2. The van der Waals surface area contributed by atoms with Crippen molar-refractivity contribution in [1.29, 1.82) is 0 Å². The normalized spacial score (nSPS) is 14.9. The number of hydrogen-bond acceptors (Lipinski definition) is 5. The van der Waals surface area contributed by atoms with Crippen LogP contribution in [0.4, 0.5) is 0 Å². The van der Waals surface area contributed by atoms with Crippen LogP contribution < -0.4 is 14.9 Å². The van der Waals surface area contributed by atoms with E-state index in [0.717, 1.165) is 22.3 Å². The molecule has 1 atom stereocenters. The molecule has 2 heterocycles. The zero-order chi connectivity index (χ0) is 25.6. The molecule has 7 heteroatoms. The molecule has 1 amide bonds. The molecule has 0 bridgehead atoms. The number of fused-ring (bicyclic) bond motifs is 2. The molecular formula is C29H26ClNO5. The summed E-state index contributed by atoms with van der Waals surface area (Å²) in [4.78, 5) is 29.2. The second kappa shape index (κ2) is 9.36. The fourth-order valence-corrected chi connectivity index (χ4v) is 5.21. The smallest absolute Gasteiger partial charge is 0.290 e. The second-order valence-corrected chi connectivity index (χ2v) is 9.46. The van der Waals surface area contributed by atoms with Gasteiger partial charge in [-0.3, -0.25) is 9.59 Å². The molecular weight excluding hydrogens is 478 g/mol. The van der Waals surface area contributed by atoms with E-state index in [1.807, 2.05) is 56.3 Å². The van der Waals surface area contributed by atoms with Gasteiger partial charge in [0.1, 0.15) is 5.58 Å². The van der Waals surface area contributed by atoms with Crippen LogP contribution in [0.5, 0.6) is 11.5 Å². The Morgan fingerprint density at radius 1 is 0.972 bits per heavy atom. The van der Waals surface area contributed by atoms with Crippen molar-refractivity contribution in [2.45, 2.75) is 26.3 Å². The van der Waals surface area contributed by atoms with E-state index < -0.39 is 6.04 Å². The fourth-order valence-electron chi connectivity index (χ4n) is 5.01. The SMILES string of the molecule is COc1ccc(CCN2C(=O)c3oc4c(C)cc(C)cc4c(=O)c3C2c2cccc(Cl)c2)cc1OC. The van der Waals surface area contributed by atoms with Gasteiger partial charge in [0, 0.05) is 11.6 Å². The molecule has 0 radical (unpaired) electrons. The van der Waals surface area contributed by atoms with Crippen molar-refractivity contribution in [3.63, 3.8) is 0 Å². The third kappa shape index (κ3) is 4.01. The lowest BCUT2D eigenvalue weighted by molar-refractivity contribution is 0.0730. The van der Waals surface area contributed by atoms with Crippen LogP contribution in [0.2, 0.25) is 5.02 Å². The molecule has 36 heavy (non-hydrogen) atoms. The largest absolute Gasteiger partial charge is 0.493 e. The highest BCUT2D eigenvalue weighted by molar-refractivity contribution is 6.30. The summed E-state index contributed by atoms with van der Waals surface area (Å²) in [5.74, 6) is 1.03. The van der Waals surface area contributed by atoms with Crippen LogP contribution in [-0.2, 0) is 6.42 Å². The van der Waals surface area contributed by atoms with Gasteiger partial charge >= 0.3 is 0 Å². The predicted octanol–water partition coefficient (Wildman–Crippen LogP) is 5.87. The minimum Gasteiger partial charge on any atom is -0.493 e. The van der Waals surface area contributed by atoms with Crippen molar-refractivity contribution in [3.8, 4) is 11.5 Å². The molecule has 1 aromatic heterocycles. The maximum atomic E-state index is 13.8. The van der Waals surface area contributed by atoms with Gasteiger partial charge in [0.05, 0.1) is 31.2 Å². The zero-order valence-electron chi connectivity index (χ0n) is 20.6. The summed E-state index contributed by atoms with van der Waals surface area (Å²) in [5, 5.41) is 1.01. The number of nitrogens with zero attached hydrogens (tertiary/aromatic N) is 1. The van der Waals surface area contributed by atoms with Crippen LogP contribution in [0.1, 0.15) is 44.4 Å². The molecule has 5 rings (SSSR count). The van der Waals surface area contributed by atoms with Crippen LogP contribution in [0, 0.1) is 13.8 Å². The Morgan fingerprint density at radius 2 is 1.75 bits per heavy atom. The number of halogens is 1. The lowest BCUT2D eigenvalue weighted by atomic mass is 9.97. The second-order valence-electron chi connectivity index (χ2n) is 9.03. The van der Waals surface area contributed by atoms with Gasteiger partial charge in [0.25, 0.3) is 5.91 Å². The maximum Gasteiger partial charge on any atom is 0.290 e. The molecule has 1 aliphatic heterocycles. The summed E-state index contributed by atoms with van der Waals surface area (Å²) in [6.45, 7) is 4.19. The van der Waals surface area contributed by atoms with Crippen molar-refractivity contribution < 1.29 is 18.7 Å². The molecule has 0 saturated heterocycles. The van der Waals surface area contributed by atoms with Crippen molar-refractivity contribution >= 4 is 28.5 Å². The van der Waals surface area contributed by atoms with Gasteiger partial charge in [0.2, 0.25) is 5.76 Å². The molecule has 0 fully saturated rings. The first-order chi connectivity index (χ1) is 17.3. The van der Waals surface area contributed by atoms with Gasteiger partial charge in [0.15, 0.2) is 16.9 Å². The van der Waals surface area contributed by atoms with Gasteiger partial charge in [-0.2, -0.15) is 0 Å². The van der Waals surface area contributed by atoms with Crippen molar-refractivity contribution in [2.24, 2.45) is 0 Å². The minimum absolute atomic E-state index is 0.0942. The standard InChI is InChI=1S/C29H26ClNO5/c1-16-12-17(2)27-21(13-16)26(32)24-25(19-6-5-7-20(30)15-19)31(29(33)28(24)36-27)11-10-18-8-9-22(34-3)23(14-18)35-4/h5-9,12-15,25H,10-11H2,1-4H3. The van der Waals surface area contributed by atoms with Gasteiger partial charge < -0.3 is 18.8 Å². The van der Waals surface area contributed by atoms with Gasteiger partial charge in [-0.25, -0.2) is 0 Å². The van der Waals surface area contributed by atoms with E-state index in [0.29, 0.717) is 46.0 Å². The Hall–Kier alpha value is -3.77. The van der Waals surface area contributed by atoms with E-state index in [4.69, 9.17) is 25.5 Å². The third-order valence-corrected chi connectivity index (χ3v) is 6.89. The Bertz CT molecular complexity index is 1560. The van der Waals surface area contributed by atoms with Gasteiger partial charge in [-0.15, -0.1) is 0 Å². The van der Waals surface area contributed by atoms with Crippen molar-refractivity contribution in [1.82, 2.24) is 4.90 Å². The monoisotopic (exact) mass is 503 g/mol. The predicted molar refractivity (Wildman–Crippen MR) is 140 cm³/mol. The number of ether oxygens (including phenoxy) is 2. The minimum atomic E-state index is -0.604. The Morgan fingerprint density at radius 3 is 2.47 bits per heavy atom. The van der Waals surface area contributed by atoms with E-state index in [1.54, 1.807) is 31.3 Å². The molecule has 184 valence electrons. The van der Waals surface area contributed by atoms with E-state index >= 15 is 0 Å². The molecule has 3 aromatic carbocycles. The Labute approximate surface area is 214 Å². The number of amides is 1. The van der Waals surface area contributed by atoms with Gasteiger partial charge in [-0.05, 0) is 72.9 Å². The first kappa shape index (κ1) is 23.9. The van der Waals surface area contributed by atoms with Gasteiger partial charge in [-0.1, -0.05) is 35.9 Å². The summed E-state index contributed by atoms with van der Waals surface area (Å²) in [7, 11) is 3.17. The zero-order valence-corrected chi connectivity index (χ0v) is 21.3. The molecule has 0 aliphatic carbocycles. The number of rotatable bonds is 6. The number of benzene rings is 3. The average Bonchev–Trinajstić information content (AvgIpc) is 3.15. The van der Waals surface area contributed by atoms with Crippen molar-refractivity contribution in [3.05, 3.63) is 103 Å². The first-order valence-electron chi connectivity index (χ1n) is 11.7. The summed E-state index contributed by atoms with van der Waals surface area (Å²) in [6, 6.07) is 16.1. The quantitative estimate of drug-likeness (QED) is 0.329. The Balaban J connectivity index is 1.62. The molecule has 0 saturated carbocycles. The van der Waals surface area contributed by atoms with E-state index in [1.165, 1.54) is 0 Å². The highest BCUT2D eigenvalue weighted by Crippen LogP contribution is 2.39. The molecule has 0 N–H and O–H groups in total. The highest BCUT2D eigenvalue weighted by atomic mass is 35.5. The average molecular weight is 504 g/mol. The lowest BCUT2D eigenvalue weighted by Gasteiger charge is -2.25. The highest BCUT2D eigenvalue weighted by Gasteiger charge is 2.42. The number of aryl methyl sites for hydroxylation is 2. The Kier molecular flexibility index (Phi) is 6.22. The molecule has 4 aromatic rings. The number of hydrogen-bond donors (Lipinski definition) is 0. The van der Waals surface area contributed by atoms with Crippen LogP contribution in [-0.4, -0.2) is 31.6 Å². The number of carbonyl (C=O) groups is 1. The van der Waals surface area contributed by atoms with E-state index in [2.05, 4.69) is 0 Å². The van der Waals surface area contributed by atoms with Crippen molar-refractivity contribution in [2.75, 3.05) is 20.8 Å². The third-order valence-electron chi connectivity index (χ3n) is 6.65. The number of carbonyl (C=O) groups excluding carboxylic acids is 1. The summed E-state index contributed by atoms with van der Waals surface area (Å²) < 4.78 is 16.9. The van der Waals surface area contributed by atoms with Crippen LogP contribution in [0.3, 0.4) is 0 Å². The topological polar surface area (TPSA) is 69.0 Å². The van der Waals surface area contributed by atoms with Crippen LogP contribution in [0.25, 0.3) is 11.0 Å². The lowest BCUT2D eigenvalue weighted by Crippen LogP contribution is -2.31. The molecule has 1 aliphatic rings. The molecule has 6 nitrogen and oxygen atoms in total. The summed E-state index contributed by atoms with van der Waals surface area (Å²) in [5.41, 5.74) is 4.12. The maximum absolute atomic E-state index is 13.8. The van der Waals surface area contributed by atoms with E-state index in [-0.39, 0.29) is 17.1 Å². The van der Waals surface area contributed by atoms with Crippen LogP contribution in [0.15, 0.2) is 63.8 Å².